The fourth-order valence-corrected chi connectivity index (χ4v) is 5.32. The van der Waals surface area contributed by atoms with E-state index in [1.54, 1.807) is 81.3 Å². The van der Waals surface area contributed by atoms with Crippen molar-refractivity contribution >= 4 is 30.2 Å². The number of hydrogen-bond acceptors (Lipinski definition) is 13. The molecule has 0 radical (unpaired) electrons. The number of carbonyl (C=O) groups excluding carboxylic acids is 3. The largest absolute Gasteiger partial charge is 1.00 e. The molecule has 5 N–H and O–H groups in total. The number of nitrogens with two attached hydrogens (primary N) is 2. The Bertz CT molecular complexity index is 1850. The Morgan fingerprint density at radius 3 is 1.60 bits per heavy atom. The standard InChI is InChI=1S/C18H20N4O2.C15H14N4O2.CH2O3.Cs/c1-3-11-24-15-6-4-5-14(12-15)18(13-7-9-20-10-8-13)16(23)22(2)17(19)21-18;1-19-13(21)15(18-14(19)16,10-5-7-17-8-6-10)11-3-2-4-12(20)9-11;2-1-4-3;/h4-10,12H,3,11H2,1-2H3,(H2,19,21);2-9,20H,1H3,(H2,16,18);1,3H;/q;;;+1/p-1. The Morgan fingerprint density at radius 1 is 0.780 bits per heavy atom. The van der Waals surface area contributed by atoms with E-state index in [0.717, 1.165) is 17.5 Å². The quantitative estimate of drug-likeness (QED) is 0.102. The van der Waals surface area contributed by atoms with Crippen LogP contribution in [-0.4, -0.2) is 75.8 Å². The van der Waals surface area contributed by atoms with Gasteiger partial charge >= 0.3 is 68.9 Å². The van der Waals surface area contributed by atoms with Gasteiger partial charge in [0.1, 0.15) is 11.5 Å². The van der Waals surface area contributed by atoms with Gasteiger partial charge in [0.2, 0.25) is 0 Å². The molecule has 15 nitrogen and oxygen atoms in total. The van der Waals surface area contributed by atoms with Gasteiger partial charge in [0.05, 0.1) is 6.61 Å². The second-order valence-electron chi connectivity index (χ2n) is 10.7. The molecular formula is C34H35CsN8O7. The van der Waals surface area contributed by atoms with Gasteiger partial charge < -0.3 is 31.5 Å². The van der Waals surface area contributed by atoms with Crippen LogP contribution in [-0.2, 0) is 30.3 Å². The zero-order chi connectivity index (χ0) is 35.6. The number of benzene rings is 2. The van der Waals surface area contributed by atoms with E-state index in [1.807, 2.05) is 31.2 Å². The van der Waals surface area contributed by atoms with Crippen LogP contribution in [0.3, 0.4) is 0 Å². The van der Waals surface area contributed by atoms with Crippen LogP contribution in [0.5, 0.6) is 11.5 Å². The van der Waals surface area contributed by atoms with E-state index < -0.39 is 11.1 Å². The molecule has 2 atom stereocenters. The van der Waals surface area contributed by atoms with Gasteiger partial charge in [-0.3, -0.25) is 34.2 Å². The number of hydrogen-bond donors (Lipinski definition) is 3. The van der Waals surface area contributed by atoms with Gasteiger partial charge in [0.15, 0.2) is 23.0 Å². The van der Waals surface area contributed by atoms with Crippen LogP contribution in [0, 0.1) is 0 Å². The van der Waals surface area contributed by atoms with Crippen molar-refractivity contribution in [2.75, 3.05) is 20.7 Å². The zero-order valence-electron chi connectivity index (χ0n) is 28.0. The van der Waals surface area contributed by atoms with E-state index >= 15 is 0 Å². The van der Waals surface area contributed by atoms with Crippen molar-refractivity contribution in [2.24, 2.45) is 21.5 Å². The van der Waals surface area contributed by atoms with Crippen LogP contribution in [0.15, 0.2) is 108 Å². The van der Waals surface area contributed by atoms with Gasteiger partial charge in [-0.1, -0.05) is 31.2 Å². The second-order valence-corrected chi connectivity index (χ2v) is 10.7. The van der Waals surface area contributed by atoms with E-state index in [2.05, 4.69) is 24.8 Å². The van der Waals surface area contributed by atoms with Crippen molar-refractivity contribution < 1.29 is 103 Å². The van der Waals surface area contributed by atoms with Crippen molar-refractivity contribution in [3.63, 3.8) is 0 Å². The second kappa shape index (κ2) is 18.1. The summed E-state index contributed by atoms with van der Waals surface area (Å²) in [6.45, 7) is 2.48. The number of phenols is 1. The number of aromatic nitrogens is 2. The third-order valence-corrected chi connectivity index (χ3v) is 7.70. The summed E-state index contributed by atoms with van der Waals surface area (Å²) < 4.78 is 5.71. The van der Waals surface area contributed by atoms with E-state index in [9.17, 15) is 14.7 Å². The molecule has 2 aliphatic heterocycles. The Kier molecular flexibility index (Phi) is 14.5. The Balaban J connectivity index is 0.000000242. The SMILES string of the molecule is CCCOc1cccc(C2(c3ccncc3)N=C(N)N(C)C2=O)c1.CN1C(=O)C(c2ccncc2)(c2cccc(O)c2)N=C1N.O=CO[O-].[Cs+]. The van der Waals surface area contributed by atoms with Crippen molar-refractivity contribution in [1.82, 2.24) is 19.8 Å². The van der Waals surface area contributed by atoms with Crippen molar-refractivity contribution in [2.45, 2.75) is 24.4 Å². The number of rotatable bonds is 8. The van der Waals surface area contributed by atoms with Crippen LogP contribution in [0.4, 0.5) is 0 Å². The first-order chi connectivity index (χ1) is 23.6. The van der Waals surface area contributed by atoms with Crippen molar-refractivity contribution in [1.29, 1.82) is 0 Å². The summed E-state index contributed by atoms with van der Waals surface area (Å²) in [5, 5.41) is 18.2. The van der Waals surface area contributed by atoms with Gasteiger partial charge in [-0.2, -0.15) is 0 Å². The summed E-state index contributed by atoms with van der Waals surface area (Å²) in [5.74, 6) is 0.642. The molecule has 50 heavy (non-hydrogen) atoms. The molecule has 16 heteroatoms. The van der Waals surface area contributed by atoms with Crippen LogP contribution < -0.4 is 90.4 Å². The molecule has 2 aromatic heterocycles. The molecule has 0 bridgehead atoms. The first kappa shape index (κ1) is 40.1. The van der Waals surface area contributed by atoms with E-state index in [1.165, 1.54) is 15.9 Å². The van der Waals surface area contributed by atoms with Gasteiger partial charge in [-0.05, 0) is 77.2 Å². The van der Waals surface area contributed by atoms with E-state index in [4.69, 9.17) is 26.3 Å². The Hall–Kier alpha value is -4.30. The summed E-state index contributed by atoms with van der Waals surface area (Å²) in [6.07, 6.45) is 7.39. The zero-order valence-corrected chi connectivity index (χ0v) is 34.2. The van der Waals surface area contributed by atoms with Crippen molar-refractivity contribution in [3.05, 3.63) is 120 Å². The van der Waals surface area contributed by atoms with Gasteiger partial charge in [-0.15, -0.1) is 0 Å². The van der Waals surface area contributed by atoms with Gasteiger partial charge in [0.25, 0.3) is 18.3 Å². The van der Waals surface area contributed by atoms with Gasteiger partial charge in [-0.25, -0.2) is 9.98 Å². The van der Waals surface area contributed by atoms with Crippen LogP contribution in [0.2, 0.25) is 0 Å². The molecule has 6 rings (SSSR count). The third-order valence-electron chi connectivity index (χ3n) is 7.70. The molecule has 2 aliphatic rings. The summed E-state index contributed by atoms with van der Waals surface area (Å²) in [6, 6.07) is 20.9. The normalized spacial score (nSPS) is 19.1. The number of aliphatic imine (C=N–C) groups is 2. The first-order valence-electron chi connectivity index (χ1n) is 14.9. The molecule has 4 heterocycles. The minimum atomic E-state index is -1.28. The topological polar surface area (TPSA) is 222 Å². The fourth-order valence-electron chi connectivity index (χ4n) is 5.32. The number of aromatic hydroxyl groups is 1. The molecule has 0 spiro atoms. The number of pyridine rings is 2. The summed E-state index contributed by atoms with van der Waals surface area (Å²) in [7, 11) is 3.20. The number of likely N-dealkylation sites (N-methyl/N-ethyl adjacent to an activating group) is 2. The number of ether oxygens (including phenoxy) is 1. The minimum Gasteiger partial charge on any atom is -0.662 e. The number of carbonyl (C=O) groups is 3. The molecule has 254 valence electrons. The smallest absolute Gasteiger partial charge is 0.662 e. The molecule has 0 saturated heterocycles. The maximum Gasteiger partial charge on any atom is 1.00 e. The average Bonchev–Trinajstić information content (AvgIpc) is 3.52. The summed E-state index contributed by atoms with van der Waals surface area (Å²) >= 11 is 0. The molecule has 0 aliphatic carbocycles. The summed E-state index contributed by atoms with van der Waals surface area (Å²) in [4.78, 5) is 56.7. The molecular weight excluding hydrogens is 765 g/mol. The molecule has 2 aromatic carbocycles. The molecule has 0 saturated carbocycles. The maximum absolute atomic E-state index is 13.0. The van der Waals surface area contributed by atoms with Crippen LogP contribution in [0.25, 0.3) is 0 Å². The fraction of sp³-hybridized carbons (Fsp3) is 0.206. The number of nitrogens with zero attached hydrogens (tertiary/aromatic N) is 6. The monoisotopic (exact) mass is 800 g/mol. The molecule has 0 fully saturated rings. The predicted molar refractivity (Wildman–Crippen MR) is 176 cm³/mol. The molecule has 2 unspecified atom stereocenters. The number of phenolic OH excluding ortho intramolecular Hbond substituents is 1. The average molecular weight is 801 g/mol. The van der Waals surface area contributed by atoms with Crippen molar-refractivity contribution in [3.8, 4) is 11.5 Å². The van der Waals surface area contributed by atoms with E-state index in [0.29, 0.717) is 23.5 Å². The molecule has 4 aromatic rings. The number of amides is 2. The van der Waals surface area contributed by atoms with E-state index in [-0.39, 0.29) is 105 Å². The van der Waals surface area contributed by atoms with Crippen LogP contribution >= 0.6 is 0 Å². The van der Waals surface area contributed by atoms with Gasteiger partial charge in [0, 0.05) is 38.9 Å². The number of guanidine groups is 2. The maximum atomic E-state index is 13.0. The third kappa shape index (κ3) is 8.18. The Morgan fingerprint density at radius 2 is 1.22 bits per heavy atom. The molecule has 2 amide bonds. The first-order valence-corrected chi connectivity index (χ1v) is 14.9. The van der Waals surface area contributed by atoms with Crippen LogP contribution in [0.1, 0.15) is 35.6 Å². The Labute approximate surface area is 347 Å². The summed E-state index contributed by atoms with van der Waals surface area (Å²) in [5.41, 5.74) is 12.0. The predicted octanol–water partition coefficient (Wildman–Crippen LogP) is -1.84. The minimum absolute atomic E-state index is 0.